The Morgan fingerprint density at radius 1 is 1.67 bits per heavy atom. The van der Waals surface area contributed by atoms with Gasteiger partial charge in [0, 0.05) is 17.1 Å². The summed E-state index contributed by atoms with van der Waals surface area (Å²) in [5.41, 5.74) is 2.86. The van der Waals surface area contributed by atoms with E-state index >= 15 is 0 Å². The fourth-order valence-corrected chi connectivity index (χ4v) is 2.71. The van der Waals surface area contributed by atoms with Gasteiger partial charge in [-0.2, -0.15) is 4.91 Å². The molecule has 0 spiro atoms. The summed E-state index contributed by atoms with van der Waals surface area (Å²) in [6, 6.07) is 0. The van der Waals surface area contributed by atoms with Crippen LogP contribution in [0, 0.1) is 11.8 Å². The maximum absolute atomic E-state index is 11.2. The molecule has 6 heteroatoms. The van der Waals surface area contributed by atoms with Crippen LogP contribution in [0.1, 0.15) is 17.0 Å². The highest BCUT2D eigenvalue weighted by molar-refractivity contribution is 8.13. The van der Waals surface area contributed by atoms with Crippen molar-refractivity contribution >= 4 is 28.2 Å². The monoisotopic (exact) mass is 244 g/mol. The molecular formula is C9H12N2O2S2. The number of thiazole rings is 1. The maximum atomic E-state index is 11.2. The molecule has 4 nitrogen and oxygen atoms in total. The summed E-state index contributed by atoms with van der Waals surface area (Å²) in [6.07, 6.45) is 1.11. The molecule has 1 aromatic rings. The minimum absolute atomic E-state index is 0.0387. The van der Waals surface area contributed by atoms with E-state index in [0.29, 0.717) is 0 Å². The second-order valence-electron chi connectivity index (χ2n) is 2.93. The molecule has 0 atom stereocenters. The van der Waals surface area contributed by atoms with E-state index in [1.165, 1.54) is 16.6 Å². The van der Waals surface area contributed by atoms with Gasteiger partial charge in [0.15, 0.2) is 5.12 Å². The fourth-order valence-electron chi connectivity index (χ4n) is 1.03. The Hall–Kier alpha value is -0.750. The molecule has 0 aliphatic rings. The van der Waals surface area contributed by atoms with Crippen LogP contribution in [0.4, 0.5) is 0 Å². The molecule has 0 unspecified atom stereocenters. The number of hydrogen-bond acceptors (Lipinski definition) is 6. The molecule has 0 fully saturated rings. The number of thioether (sulfide) groups is 1. The van der Waals surface area contributed by atoms with Crippen LogP contribution in [0.3, 0.4) is 0 Å². The van der Waals surface area contributed by atoms with Crippen LogP contribution in [0.2, 0.25) is 0 Å². The summed E-state index contributed by atoms with van der Waals surface area (Å²) in [7, 11) is 0. The summed E-state index contributed by atoms with van der Waals surface area (Å²) in [4.78, 5) is 26.3. The third kappa shape index (κ3) is 4.53. The van der Waals surface area contributed by atoms with Gasteiger partial charge in [0.25, 0.3) is 0 Å². The predicted octanol–water partition coefficient (Wildman–Crippen LogP) is 2.41. The smallest absolute Gasteiger partial charge is 0.190 e. The molecule has 0 saturated carbocycles. The second kappa shape index (κ2) is 6.68. The van der Waals surface area contributed by atoms with Gasteiger partial charge >= 0.3 is 0 Å². The third-order valence-electron chi connectivity index (χ3n) is 1.84. The van der Waals surface area contributed by atoms with Crippen molar-refractivity contribution < 1.29 is 4.79 Å². The van der Waals surface area contributed by atoms with E-state index in [1.807, 2.05) is 12.4 Å². The van der Waals surface area contributed by atoms with E-state index in [2.05, 4.69) is 10.2 Å². The lowest BCUT2D eigenvalue weighted by Gasteiger charge is -1.98. The van der Waals surface area contributed by atoms with Gasteiger partial charge < -0.3 is 0 Å². The Morgan fingerprint density at radius 2 is 2.47 bits per heavy atom. The molecule has 0 bridgehead atoms. The third-order valence-corrected chi connectivity index (χ3v) is 3.77. The molecule has 0 amide bonds. The largest absolute Gasteiger partial charge is 0.287 e. The lowest BCUT2D eigenvalue weighted by atomic mass is 10.3. The van der Waals surface area contributed by atoms with Gasteiger partial charge in [-0.15, -0.1) is 11.3 Å². The summed E-state index contributed by atoms with van der Waals surface area (Å²) < 4.78 is 0. The highest BCUT2D eigenvalue weighted by Crippen LogP contribution is 2.16. The summed E-state index contributed by atoms with van der Waals surface area (Å²) in [6.45, 7) is 2.06. The Morgan fingerprint density at radius 3 is 3.07 bits per heavy atom. The number of nitroso groups, excluding NO2 is 1. The van der Waals surface area contributed by atoms with Gasteiger partial charge in [-0.25, -0.2) is 4.98 Å². The van der Waals surface area contributed by atoms with Crippen molar-refractivity contribution in [3.8, 4) is 0 Å². The van der Waals surface area contributed by atoms with E-state index in [0.717, 1.165) is 17.9 Å². The van der Waals surface area contributed by atoms with E-state index in [1.54, 1.807) is 11.3 Å². The zero-order valence-corrected chi connectivity index (χ0v) is 10.1. The molecule has 0 aromatic carbocycles. The Bertz CT molecular complexity index is 339. The van der Waals surface area contributed by atoms with Gasteiger partial charge in [0.05, 0.1) is 17.7 Å². The van der Waals surface area contributed by atoms with E-state index in [9.17, 15) is 9.70 Å². The molecule has 1 rings (SSSR count). The van der Waals surface area contributed by atoms with Crippen molar-refractivity contribution in [2.24, 2.45) is 5.18 Å². The average Bonchev–Trinajstić information content (AvgIpc) is 2.61. The minimum Gasteiger partial charge on any atom is -0.287 e. The standard InChI is InChI=1S/C9H12N2O2S2/c1-7-8(15-6-10-7)3-5-14-9(12)2-4-11-13/h6H,2-5H2,1H3. The fraction of sp³-hybridized carbons (Fsp3) is 0.556. The van der Waals surface area contributed by atoms with E-state index in [4.69, 9.17) is 0 Å². The van der Waals surface area contributed by atoms with Crippen LogP contribution in [-0.4, -0.2) is 22.4 Å². The maximum Gasteiger partial charge on any atom is 0.190 e. The van der Waals surface area contributed by atoms with Crippen LogP contribution in [0.15, 0.2) is 10.7 Å². The first kappa shape index (κ1) is 12.3. The van der Waals surface area contributed by atoms with Crippen LogP contribution in [0.5, 0.6) is 0 Å². The highest BCUT2D eigenvalue weighted by atomic mass is 32.2. The van der Waals surface area contributed by atoms with Crippen LogP contribution >= 0.6 is 23.1 Å². The van der Waals surface area contributed by atoms with Crippen molar-refractivity contribution in [1.29, 1.82) is 0 Å². The van der Waals surface area contributed by atoms with Gasteiger partial charge in [-0.1, -0.05) is 16.9 Å². The van der Waals surface area contributed by atoms with Gasteiger partial charge in [-0.3, -0.25) is 4.79 Å². The van der Waals surface area contributed by atoms with Crippen molar-refractivity contribution in [2.45, 2.75) is 19.8 Å². The quantitative estimate of drug-likeness (QED) is 0.721. The van der Waals surface area contributed by atoms with Crippen LogP contribution in [-0.2, 0) is 11.2 Å². The van der Waals surface area contributed by atoms with Gasteiger partial charge in [-0.05, 0) is 13.3 Å². The average molecular weight is 244 g/mol. The predicted molar refractivity (Wildman–Crippen MR) is 63.3 cm³/mol. The zero-order chi connectivity index (χ0) is 11.1. The molecule has 0 aliphatic carbocycles. The summed E-state index contributed by atoms with van der Waals surface area (Å²) in [5.74, 6) is 0.751. The lowest BCUT2D eigenvalue weighted by Crippen LogP contribution is -1.97. The van der Waals surface area contributed by atoms with Crippen molar-refractivity contribution in [1.82, 2.24) is 4.98 Å². The zero-order valence-electron chi connectivity index (χ0n) is 8.43. The van der Waals surface area contributed by atoms with Gasteiger partial charge in [0.1, 0.15) is 0 Å². The number of carbonyl (C=O) groups excluding carboxylic acids is 1. The summed E-state index contributed by atoms with van der Waals surface area (Å²) >= 11 is 2.88. The molecule has 0 aliphatic heterocycles. The molecule has 1 aromatic heterocycles. The molecule has 0 N–H and O–H groups in total. The van der Waals surface area contributed by atoms with Crippen LogP contribution in [0.25, 0.3) is 0 Å². The summed E-state index contributed by atoms with van der Waals surface area (Å²) in [5, 5.41) is 2.69. The van der Waals surface area contributed by atoms with Crippen molar-refractivity contribution in [3.05, 3.63) is 21.0 Å². The molecular weight excluding hydrogens is 232 g/mol. The first-order chi connectivity index (χ1) is 7.24. The number of nitrogens with zero attached hydrogens (tertiary/aromatic N) is 2. The SMILES string of the molecule is Cc1ncsc1CCSC(=O)CCN=O. The second-order valence-corrected chi connectivity index (χ2v) is 5.03. The Labute approximate surface area is 96.5 Å². The molecule has 0 radical (unpaired) electrons. The van der Waals surface area contributed by atoms with Crippen LogP contribution < -0.4 is 0 Å². The Kier molecular flexibility index (Phi) is 5.49. The van der Waals surface area contributed by atoms with E-state index < -0.39 is 0 Å². The molecule has 1 heterocycles. The minimum atomic E-state index is 0.0387. The molecule has 15 heavy (non-hydrogen) atoms. The number of hydrogen-bond donors (Lipinski definition) is 0. The number of rotatable bonds is 6. The topological polar surface area (TPSA) is 59.4 Å². The lowest BCUT2D eigenvalue weighted by molar-refractivity contribution is -0.110. The Balaban J connectivity index is 2.19. The molecule has 0 saturated heterocycles. The number of aryl methyl sites for hydroxylation is 2. The first-order valence-electron chi connectivity index (χ1n) is 4.57. The number of aromatic nitrogens is 1. The van der Waals surface area contributed by atoms with Crippen molar-refractivity contribution in [2.75, 3.05) is 12.3 Å². The number of carbonyl (C=O) groups is 1. The van der Waals surface area contributed by atoms with E-state index in [-0.39, 0.29) is 18.1 Å². The highest BCUT2D eigenvalue weighted by Gasteiger charge is 2.05. The normalized spacial score (nSPS) is 10.2. The first-order valence-corrected chi connectivity index (χ1v) is 6.44. The molecule has 82 valence electrons. The van der Waals surface area contributed by atoms with Gasteiger partial charge in [0.2, 0.25) is 0 Å². The van der Waals surface area contributed by atoms with Crippen molar-refractivity contribution in [3.63, 3.8) is 0 Å².